The first kappa shape index (κ1) is 40.2. The van der Waals surface area contributed by atoms with Crippen LogP contribution >= 0.6 is 0 Å². The Kier molecular flexibility index (Phi) is 10.2. The molecule has 1 saturated heterocycles. The SMILES string of the molecule is CC(=O)ON1C(=O)CCC1=O.CC1(C)C=C(CS(=O)(=O)O)c2cc3c(cc2=C1)Oc1cc2c(cc1C=3c1ccccc1C(=O)O)C(CS(=O)(=O)O)=CC(C)(C)C2. The van der Waals surface area contributed by atoms with Gasteiger partial charge in [0.05, 0.1) is 5.56 Å². The summed E-state index contributed by atoms with van der Waals surface area (Å²) in [6.45, 7) is 8.91. The van der Waals surface area contributed by atoms with Gasteiger partial charge in [-0.05, 0) is 80.8 Å². The van der Waals surface area contributed by atoms with E-state index in [1.54, 1.807) is 42.5 Å². The largest absolute Gasteiger partial charge is 0.478 e. The van der Waals surface area contributed by atoms with Crippen molar-refractivity contribution in [3.63, 3.8) is 0 Å². The van der Waals surface area contributed by atoms with Crippen LogP contribution < -0.4 is 15.2 Å². The van der Waals surface area contributed by atoms with Crippen LogP contribution in [0.15, 0.2) is 60.7 Å². The Balaban J connectivity index is 0.000000417. The van der Waals surface area contributed by atoms with Crippen molar-refractivity contribution in [2.24, 2.45) is 10.8 Å². The third-order valence-corrected chi connectivity index (χ3v) is 10.8. The number of aromatic carboxylic acids is 1. The van der Waals surface area contributed by atoms with Crippen LogP contribution in [0.5, 0.6) is 11.5 Å². The lowest BCUT2D eigenvalue weighted by Crippen LogP contribution is -2.30. The first-order chi connectivity index (χ1) is 25.9. The summed E-state index contributed by atoms with van der Waals surface area (Å²) in [6, 6.07) is 13.7. The van der Waals surface area contributed by atoms with E-state index in [0.717, 1.165) is 12.5 Å². The summed E-state index contributed by atoms with van der Waals surface area (Å²) in [7, 11) is -8.76. The molecule has 2 amide bonds. The number of fused-ring (bicyclic) bond motifs is 4. The highest BCUT2D eigenvalue weighted by Gasteiger charge is 2.34. The van der Waals surface area contributed by atoms with Crippen LogP contribution in [0.2, 0.25) is 0 Å². The number of hydroxylamine groups is 2. The van der Waals surface area contributed by atoms with E-state index in [4.69, 9.17) is 4.74 Å². The van der Waals surface area contributed by atoms with Crippen molar-refractivity contribution < 1.29 is 59.8 Å². The molecule has 4 aliphatic rings. The second kappa shape index (κ2) is 14.3. The van der Waals surface area contributed by atoms with Crippen LogP contribution in [0, 0.1) is 10.8 Å². The number of nitrogens with zero attached hydrogens (tertiary/aromatic N) is 1. The maximum atomic E-state index is 12.5. The lowest BCUT2D eigenvalue weighted by molar-refractivity contribution is -0.195. The van der Waals surface area contributed by atoms with E-state index in [9.17, 15) is 50.2 Å². The number of hydrogen-bond donors (Lipinski definition) is 3. The molecule has 3 aromatic carbocycles. The number of carbonyl (C=O) groups is 4. The molecule has 56 heavy (non-hydrogen) atoms. The maximum Gasteiger partial charge on any atom is 0.336 e. The number of hydrogen-bond acceptors (Lipinski definition) is 10. The summed E-state index contributed by atoms with van der Waals surface area (Å²) >= 11 is 0. The molecule has 0 aromatic heterocycles. The smallest absolute Gasteiger partial charge is 0.336 e. The van der Waals surface area contributed by atoms with Crippen LogP contribution in [0.4, 0.5) is 0 Å². The van der Waals surface area contributed by atoms with E-state index >= 15 is 0 Å². The van der Waals surface area contributed by atoms with E-state index in [0.29, 0.717) is 72.4 Å². The van der Waals surface area contributed by atoms with Gasteiger partial charge in [-0.2, -0.15) is 16.8 Å². The molecule has 0 bridgehead atoms. The number of rotatable bonds is 7. The van der Waals surface area contributed by atoms with Gasteiger partial charge in [0.15, 0.2) is 0 Å². The van der Waals surface area contributed by atoms with Crippen LogP contribution in [0.25, 0.3) is 22.8 Å². The Hall–Kier alpha value is -5.42. The number of amides is 2. The number of carbonyl (C=O) groups excluding carboxylic acids is 3. The lowest BCUT2D eigenvalue weighted by Gasteiger charge is -2.32. The van der Waals surface area contributed by atoms with Gasteiger partial charge in [-0.15, -0.1) is 5.06 Å². The fourth-order valence-corrected chi connectivity index (χ4v) is 8.80. The standard InChI is InChI=1S/C34H32O9S2.C6H7NO4/c1-33(2)13-19-9-29-27(11-25(19)21(15-33)17-44(37,38)39)31(23-7-5-6-8-24(23)32(35)36)28-12-26-20(10-30(28)43-29)14-34(3,4)16-22(26)18-45(40,41)42;1-4(8)11-7-5(9)2-3-6(7)10/h5-13,15-16H,14,17-18H2,1-4H3,(H,35,36)(H,37,38,39)(H,40,41,42);2-3H2,1H3. The van der Waals surface area contributed by atoms with E-state index in [2.05, 4.69) is 4.84 Å². The number of imide groups is 1. The minimum atomic E-state index is -4.38. The zero-order valence-electron chi connectivity index (χ0n) is 31.1. The third-order valence-electron chi connectivity index (χ3n) is 9.42. The predicted octanol–water partition coefficient (Wildman–Crippen LogP) is 4.30. The Bertz CT molecular complexity index is 2650. The molecule has 14 nitrogen and oxygen atoms in total. The summed E-state index contributed by atoms with van der Waals surface area (Å²) in [4.78, 5) is 48.6. The number of ether oxygens (including phenoxy) is 1. The molecule has 16 heteroatoms. The number of benzene rings is 3. The van der Waals surface area contributed by atoms with Gasteiger partial charge in [-0.1, -0.05) is 64.1 Å². The van der Waals surface area contributed by atoms with E-state index < -0.39 is 66.3 Å². The summed E-state index contributed by atoms with van der Waals surface area (Å²) in [5.41, 5.74) is 3.26. The van der Waals surface area contributed by atoms with Gasteiger partial charge in [-0.25, -0.2) is 9.59 Å². The minimum absolute atomic E-state index is 0.0259. The van der Waals surface area contributed by atoms with Gasteiger partial charge in [-0.3, -0.25) is 18.7 Å². The molecule has 1 fully saturated rings. The highest BCUT2D eigenvalue weighted by atomic mass is 32.2. The highest BCUT2D eigenvalue weighted by Crippen LogP contribution is 2.45. The monoisotopic (exact) mass is 805 g/mol. The molecule has 2 heterocycles. The van der Waals surface area contributed by atoms with Crippen molar-refractivity contribution in [1.29, 1.82) is 0 Å². The van der Waals surface area contributed by atoms with Gasteiger partial charge >= 0.3 is 11.9 Å². The lowest BCUT2D eigenvalue weighted by atomic mass is 9.75. The summed E-state index contributed by atoms with van der Waals surface area (Å²) in [5.74, 6) is -3.04. The van der Waals surface area contributed by atoms with Crippen LogP contribution in [-0.4, -0.2) is 71.4 Å². The van der Waals surface area contributed by atoms with Crippen molar-refractivity contribution in [3.05, 3.63) is 105 Å². The molecule has 0 unspecified atom stereocenters. The number of carboxylic acids is 1. The second-order valence-corrected chi connectivity index (χ2v) is 18.3. The Morgan fingerprint density at radius 3 is 1.98 bits per heavy atom. The Morgan fingerprint density at radius 1 is 0.786 bits per heavy atom. The van der Waals surface area contributed by atoms with Crippen molar-refractivity contribution in [2.75, 3.05) is 11.5 Å². The zero-order valence-corrected chi connectivity index (χ0v) is 32.7. The Labute approximate surface area is 322 Å². The minimum Gasteiger partial charge on any atom is -0.478 e. The van der Waals surface area contributed by atoms with Crippen LogP contribution in [0.3, 0.4) is 0 Å². The molecule has 7 rings (SSSR count). The molecule has 294 valence electrons. The molecule has 0 atom stereocenters. The molecule has 0 spiro atoms. The van der Waals surface area contributed by atoms with Crippen LogP contribution in [0.1, 0.15) is 85.6 Å². The molecule has 3 N–H and O–H groups in total. The third kappa shape index (κ3) is 8.68. The van der Waals surface area contributed by atoms with Gasteiger partial charge in [0, 0.05) is 41.5 Å². The van der Waals surface area contributed by atoms with Gasteiger partial charge in [0.2, 0.25) is 0 Å². The van der Waals surface area contributed by atoms with Crippen molar-refractivity contribution in [1.82, 2.24) is 5.06 Å². The molecular weight excluding hydrogens is 767 g/mol. The molecule has 3 aromatic rings. The normalized spacial score (nSPS) is 17.7. The summed E-state index contributed by atoms with van der Waals surface area (Å²) in [6.07, 6.45) is 6.42. The van der Waals surface area contributed by atoms with Crippen LogP contribution in [-0.2, 0) is 45.9 Å². The summed E-state index contributed by atoms with van der Waals surface area (Å²) in [5, 5.41) is 11.9. The van der Waals surface area contributed by atoms with Crippen molar-refractivity contribution in [3.8, 4) is 11.5 Å². The van der Waals surface area contributed by atoms with E-state index in [1.807, 2.05) is 45.9 Å². The fraction of sp³-hybridized carbons (Fsp3) is 0.300. The zero-order chi connectivity index (χ0) is 41.1. The van der Waals surface area contributed by atoms with Crippen molar-refractivity contribution in [2.45, 2.75) is 53.9 Å². The first-order valence-corrected chi connectivity index (χ1v) is 20.6. The molecule has 0 saturated carbocycles. The average Bonchev–Trinajstić information content (AvgIpc) is 3.35. The second-order valence-electron chi connectivity index (χ2n) is 15.4. The predicted molar refractivity (Wildman–Crippen MR) is 205 cm³/mol. The molecule has 0 radical (unpaired) electrons. The summed E-state index contributed by atoms with van der Waals surface area (Å²) < 4.78 is 74.2. The maximum absolute atomic E-state index is 12.5. The molecule has 2 aliphatic carbocycles. The molecular formula is C40H39NO13S2. The van der Waals surface area contributed by atoms with Crippen molar-refractivity contribution >= 4 is 66.8 Å². The first-order valence-electron chi connectivity index (χ1n) is 17.4. The quantitative estimate of drug-likeness (QED) is 0.176. The van der Waals surface area contributed by atoms with E-state index in [-0.39, 0.29) is 18.4 Å². The highest BCUT2D eigenvalue weighted by molar-refractivity contribution is 7.86. The van der Waals surface area contributed by atoms with Gasteiger partial charge in [0.1, 0.15) is 23.0 Å². The average molecular weight is 806 g/mol. The Morgan fingerprint density at radius 2 is 1.39 bits per heavy atom. The fourth-order valence-electron chi connectivity index (χ4n) is 7.54. The van der Waals surface area contributed by atoms with Gasteiger partial charge in [0.25, 0.3) is 32.1 Å². The topological polar surface area (TPSA) is 219 Å². The number of carboxylic acid groups (broad SMARTS) is 1. The number of allylic oxidation sites excluding steroid dienone is 2. The molecule has 2 aliphatic heterocycles. The van der Waals surface area contributed by atoms with E-state index in [1.165, 1.54) is 6.07 Å². The van der Waals surface area contributed by atoms with Gasteiger partial charge < -0.3 is 14.7 Å².